The largest absolute Gasteiger partial charge is 0.497 e. The van der Waals surface area contributed by atoms with Crippen LogP contribution in [0.2, 0.25) is 0 Å². The third-order valence-electron chi connectivity index (χ3n) is 2.49. The third-order valence-corrected chi connectivity index (χ3v) is 2.49. The van der Waals surface area contributed by atoms with E-state index < -0.39 is 0 Å². The first kappa shape index (κ1) is 11.9. The number of ether oxygens (including phenoxy) is 1. The van der Waals surface area contributed by atoms with Crippen molar-refractivity contribution in [3.8, 4) is 23.1 Å². The van der Waals surface area contributed by atoms with E-state index in [9.17, 15) is 0 Å². The van der Waals surface area contributed by atoms with E-state index >= 15 is 0 Å². The lowest BCUT2D eigenvalue weighted by molar-refractivity contribution is 0.415. The van der Waals surface area contributed by atoms with Crippen molar-refractivity contribution in [1.82, 2.24) is 15.0 Å². The van der Waals surface area contributed by atoms with E-state index in [1.54, 1.807) is 17.9 Å². The molecule has 0 fully saturated rings. The van der Waals surface area contributed by atoms with Gasteiger partial charge in [0.2, 0.25) is 0 Å². The van der Waals surface area contributed by atoms with Gasteiger partial charge < -0.3 is 4.74 Å². The Morgan fingerprint density at radius 3 is 3.06 bits per heavy atom. The molecule has 2 aromatic rings. The summed E-state index contributed by atoms with van der Waals surface area (Å²) in [5.74, 6) is 0.725. The Morgan fingerprint density at radius 1 is 1.56 bits per heavy atom. The Bertz CT molecular complexity index is 610. The summed E-state index contributed by atoms with van der Waals surface area (Å²) in [6.45, 7) is 4.16. The van der Waals surface area contributed by atoms with Gasteiger partial charge in [0, 0.05) is 5.56 Å². The van der Waals surface area contributed by atoms with Crippen LogP contribution < -0.4 is 4.74 Å². The molecule has 0 aliphatic carbocycles. The van der Waals surface area contributed by atoms with Crippen LogP contribution in [-0.2, 0) is 6.54 Å². The molecule has 1 aromatic carbocycles. The van der Waals surface area contributed by atoms with E-state index in [4.69, 9.17) is 10.00 Å². The first-order chi connectivity index (χ1) is 8.80. The maximum atomic E-state index is 9.06. The normalized spacial score (nSPS) is 9.78. The Balaban J connectivity index is 2.57. The standard InChI is InChI=1S/C13H12N4O/c1-3-7-17-13(12(9-14)15-16-17)10-5-4-6-11(8-10)18-2/h3-6,8H,1,7H2,2H3. The lowest BCUT2D eigenvalue weighted by atomic mass is 10.1. The molecule has 5 nitrogen and oxygen atoms in total. The fourth-order valence-corrected chi connectivity index (χ4v) is 1.69. The van der Waals surface area contributed by atoms with Crippen molar-refractivity contribution in [3.05, 3.63) is 42.6 Å². The van der Waals surface area contributed by atoms with Crippen molar-refractivity contribution in [2.24, 2.45) is 0 Å². The molecule has 0 amide bonds. The Labute approximate surface area is 105 Å². The van der Waals surface area contributed by atoms with Crippen LogP contribution in [0.15, 0.2) is 36.9 Å². The topological polar surface area (TPSA) is 63.7 Å². The summed E-state index contributed by atoms with van der Waals surface area (Å²) in [6, 6.07) is 9.48. The van der Waals surface area contributed by atoms with Crippen LogP contribution in [0.25, 0.3) is 11.3 Å². The maximum absolute atomic E-state index is 9.06. The van der Waals surface area contributed by atoms with Crippen molar-refractivity contribution >= 4 is 0 Å². The summed E-state index contributed by atoms with van der Waals surface area (Å²) in [5, 5.41) is 16.9. The van der Waals surface area contributed by atoms with Gasteiger partial charge in [0.05, 0.1) is 13.7 Å². The Morgan fingerprint density at radius 2 is 2.39 bits per heavy atom. The Kier molecular flexibility index (Phi) is 3.39. The zero-order chi connectivity index (χ0) is 13.0. The van der Waals surface area contributed by atoms with Gasteiger partial charge in [-0.05, 0) is 12.1 Å². The second kappa shape index (κ2) is 5.15. The highest BCUT2D eigenvalue weighted by molar-refractivity contribution is 5.66. The van der Waals surface area contributed by atoms with Crippen LogP contribution in [0.3, 0.4) is 0 Å². The molecule has 1 aromatic heterocycles. The molecule has 0 saturated heterocycles. The van der Waals surface area contributed by atoms with Crippen LogP contribution in [0, 0.1) is 11.3 Å². The maximum Gasteiger partial charge on any atom is 0.190 e. The number of benzene rings is 1. The summed E-state index contributed by atoms with van der Waals surface area (Å²) in [4.78, 5) is 0. The number of hydrogen-bond acceptors (Lipinski definition) is 4. The van der Waals surface area contributed by atoms with Gasteiger partial charge in [-0.15, -0.1) is 11.7 Å². The molecule has 1 heterocycles. The Hall–Kier alpha value is -2.61. The summed E-state index contributed by atoms with van der Waals surface area (Å²) in [7, 11) is 1.60. The van der Waals surface area contributed by atoms with E-state index in [1.807, 2.05) is 30.3 Å². The molecule has 90 valence electrons. The quantitative estimate of drug-likeness (QED) is 0.767. The highest BCUT2D eigenvalue weighted by Gasteiger charge is 2.14. The van der Waals surface area contributed by atoms with Gasteiger partial charge >= 0.3 is 0 Å². The molecule has 2 rings (SSSR count). The number of hydrogen-bond donors (Lipinski definition) is 0. The summed E-state index contributed by atoms with van der Waals surface area (Å²) >= 11 is 0. The van der Waals surface area contributed by atoms with Crippen LogP contribution in [-0.4, -0.2) is 22.1 Å². The summed E-state index contributed by atoms with van der Waals surface area (Å²) in [6.07, 6.45) is 1.71. The number of allylic oxidation sites excluding steroid dienone is 1. The number of nitrogens with zero attached hydrogens (tertiary/aromatic N) is 4. The molecule has 18 heavy (non-hydrogen) atoms. The van der Waals surface area contributed by atoms with Crippen LogP contribution in [0.1, 0.15) is 5.69 Å². The van der Waals surface area contributed by atoms with Gasteiger partial charge in [0.25, 0.3) is 0 Å². The van der Waals surface area contributed by atoms with Crippen molar-refractivity contribution in [3.63, 3.8) is 0 Å². The second-order valence-electron chi connectivity index (χ2n) is 3.60. The third kappa shape index (κ3) is 2.09. The zero-order valence-electron chi connectivity index (χ0n) is 10.00. The molecule has 0 aliphatic heterocycles. The zero-order valence-corrected chi connectivity index (χ0v) is 10.00. The van der Waals surface area contributed by atoms with Crippen LogP contribution in [0.4, 0.5) is 0 Å². The number of aromatic nitrogens is 3. The minimum atomic E-state index is 0.296. The predicted octanol–water partition coefficient (Wildman–Crippen LogP) is 2.01. The van der Waals surface area contributed by atoms with Gasteiger partial charge in [-0.25, -0.2) is 4.68 Å². The molecular weight excluding hydrogens is 228 g/mol. The van der Waals surface area contributed by atoms with Crippen molar-refractivity contribution in [1.29, 1.82) is 5.26 Å². The molecule has 0 N–H and O–H groups in total. The average Bonchev–Trinajstić information content (AvgIpc) is 2.82. The highest BCUT2D eigenvalue weighted by atomic mass is 16.5. The molecule has 5 heteroatoms. The van der Waals surface area contributed by atoms with E-state index in [0.717, 1.165) is 11.3 Å². The van der Waals surface area contributed by atoms with Crippen LogP contribution in [0.5, 0.6) is 5.75 Å². The van der Waals surface area contributed by atoms with Crippen molar-refractivity contribution in [2.45, 2.75) is 6.54 Å². The highest BCUT2D eigenvalue weighted by Crippen LogP contribution is 2.25. The lowest BCUT2D eigenvalue weighted by Gasteiger charge is -2.06. The first-order valence-corrected chi connectivity index (χ1v) is 5.39. The average molecular weight is 240 g/mol. The van der Waals surface area contributed by atoms with Gasteiger partial charge in [0.1, 0.15) is 17.5 Å². The smallest absolute Gasteiger partial charge is 0.190 e. The second-order valence-corrected chi connectivity index (χ2v) is 3.60. The number of methoxy groups -OCH3 is 1. The van der Waals surface area contributed by atoms with Crippen LogP contribution >= 0.6 is 0 Å². The first-order valence-electron chi connectivity index (χ1n) is 5.39. The van der Waals surface area contributed by atoms with Gasteiger partial charge in [-0.2, -0.15) is 5.26 Å². The van der Waals surface area contributed by atoms with Gasteiger partial charge in [-0.1, -0.05) is 23.4 Å². The SMILES string of the molecule is C=CCn1nnc(C#N)c1-c1cccc(OC)c1. The molecular formula is C13H12N4O. The number of nitriles is 1. The molecule has 0 aliphatic rings. The van der Waals surface area contributed by atoms with Crippen molar-refractivity contribution in [2.75, 3.05) is 7.11 Å². The minimum absolute atomic E-state index is 0.296. The summed E-state index contributed by atoms with van der Waals surface area (Å²) < 4.78 is 6.81. The lowest BCUT2D eigenvalue weighted by Crippen LogP contribution is -2.00. The molecule has 0 spiro atoms. The van der Waals surface area contributed by atoms with E-state index in [0.29, 0.717) is 17.9 Å². The van der Waals surface area contributed by atoms with E-state index in [-0.39, 0.29) is 0 Å². The molecule has 0 radical (unpaired) electrons. The predicted molar refractivity (Wildman–Crippen MR) is 66.9 cm³/mol. The monoisotopic (exact) mass is 240 g/mol. The number of rotatable bonds is 4. The van der Waals surface area contributed by atoms with E-state index in [1.165, 1.54) is 0 Å². The molecule has 0 atom stereocenters. The van der Waals surface area contributed by atoms with Gasteiger partial charge in [-0.3, -0.25) is 0 Å². The van der Waals surface area contributed by atoms with Gasteiger partial charge in [0.15, 0.2) is 5.69 Å². The molecule has 0 bridgehead atoms. The van der Waals surface area contributed by atoms with Crippen molar-refractivity contribution < 1.29 is 4.74 Å². The summed E-state index contributed by atoms with van der Waals surface area (Å²) in [5.41, 5.74) is 1.82. The minimum Gasteiger partial charge on any atom is -0.497 e. The fourth-order valence-electron chi connectivity index (χ4n) is 1.69. The molecule has 0 saturated carbocycles. The molecule has 0 unspecified atom stereocenters. The van der Waals surface area contributed by atoms with E-state index in [2.05, 4.69) is 16.9 Å². The fraction of sp³-hybridized carbons (Fsp3) is 0.154.